The molecule has 0 unspecified atom stereocenters. The lowest BCUT2D eigenvalue weighted by Gasteiger charge is -2.34. The number of benzene rings is 2. The van der Waals surface area contributed by atoms with Crippen LogP contribution in [-0.2, 0) is 17.7 Å². The molecule has 0 atom stereocenters. The number of hydrogen-bond donors (Lipinski definition) is 0. The van der Waals surface area contributed by atoms with Crippen molar-refractivity contribution >= 4 is 33.0 Å². The first kappa shape index (κ1) is 19.9. The van der Waals surface area contributed by atoms with Crippen LogP contribution in [0.4, 0.5) is 0 Å². The Bertz CT molecular complexity index is 872. The number of hydrogen-bond acceptors (Lipinski definition) is 4. The fourth-order valence-corrected chi connectivity index (χ4v) is 4.57. The van der Waals surface area contributed by atoms with Crippen LogP contribution in [0.2, 0.25) is 5.02 Å². The van der Waals surface area contributed by atoms with E-state index >= 15 is 0 Å². The van der Waals surface area contributed by atoms with Crippen molar-refractivity contribution in [2.45, 2.75) is 13.0 Å². The molecule has 0 amide bonds. The molecule has 1 aliphatic rings. The van der Waals surface area contributed by atoms with Crippen LogP contribution in [0.15, 0.2) is 53.9 Å². The minimum Gasteiger partial charge on any atom is -0.380 e. The molecule has 4 rings (SSSR count). The van der Waals surface area contributed by atoms with Crippen molar-refractivity contribution in [1.29, 1.82) is 0 Å². The van der Waals surface area contributed by atoms with Gasteiger partial charge in [0.05, 0.1) is 13.2 Å². The van der Waals surface area contributed by atoms with Crippen LogP contribution in [-0.4, -0.2) is 55.7 Å². The molecule has 1 aliphatic heterocycles. The van der Waals surface area contributed by atoms with Gasteiger partial charge in [0.2, 0.25) is 0 Å². The first-order valence-corrected chi connectivity index (χ1v) is 11.2. The zero-order chi connectivity index (χ0) is 19.2. The number of fused-ring (bicyclic) bond motifs is 1. The van der Waals surface area contributed by atoms with Crippen molar-refractivity contribution in [1.82, 2.24) is 9.80 Å². The normalized spacial score (nSPS) is 16.0. The summed E-state index contributed by atoms with van der Waals surface area (Å²) in [7, 11) is 0. The quantitative estimate of drug-likeness (QED) is 0.486. The first-order chi connectivity index (χ1) is 13.8. The van der Waals surface area contributed by atoms with E-state index in [0.717, 1.165) is 63.9 Å². The van der Waals surface area contributed by atoms with Crippen molar-refractivity contribution in [3.63, 3.8) is 0 Å². The Balaban J connectivity index is 1.10. The summed E-state index contributed by atoms with van der Waals surface area (Å²) in [6.07, 6.45) is 0.987. The minimum absolute atomic E-state index is 0.798. The van der Waals surface area contributed by atoms with Gasteiger partial charge in [-0.25, -0.2) is 0 Å². The third kappa shape index (κ3) is 5.56. The summed E-state index contributed by atoms with van der Waals surface area (Å²) >= 11 is 7.77. The lowest BCUT2D eigenvalue weighted by atomic mass is 10.1. The zero-order valence-corrected chi connectivity index (χ0v) is 17.7. The van der Waals surface area contributed by atoms with Crippen molar-refractivity contribution in [3.05, 3.63) is 70.1 Å². The highest BCUT2D eigenvalue weighted by Gasteiger charge is 2.16. The highest BCUT2D eigenvalue weighted by Crippen LogP contribution is 2.22. The van der Waals surface area contributed by atoms with Gasteiger partial charge in [0.1, 0.15) is 0 Å². The van der Waals surface area contributed by atoms with Gasteiger partial charge in [0.15, 0.2) is 0 Å². The number of piperazine rings is 1. The minimum atomic E-state index is 0.798. The summed E-state index contributed by atoms with van der Waals surface area (Å²) in [6, 6.07) is 17.1. The van der Waals surface area contributed by atoms with Crippen molar-refractivity contribution in [2.75, 3.05) is 45.9 Å². The summed E-state index contributed by atoms with van der Waals surface area (Å²) in [5.74, 6) is 0. The van der Waals surface area contributed by atoms with Gasteiger partial charge >= 0.3 is 0 Å². The molecule has 0 aliphatic carbocycles. The Hall–Kier alpha value is -1.43. The molecule has 1 saturated heterocycles. The molecule has 0 saturated carbocycles. The summed E-state index contributed by atoms with van der Waals surface area (Å²) in [4.78, 5) is 5.02. The number of halogens is 1. The summed E-state index contributed by atoms with van der Waals surface area (Å²) in [5.41, 5.74) is 2.70. The second-order valence-electron chi connectivity index (χ2n) is 7.40. The predicted octanol–water partition coefficient (Wildman–Crippen LogP) is 4.93. The van der Waals surface area contributed by atoms with E-state index in [9.17, 15) is 0 Å². The number of nitrogens with zero attached hydrogens (tertiary/aromatic N) is 2. The van der Waals surface area contributed by atoms with Gasteiger partial charge < -0.3 is 4.74 Å². The van der Waals surface area contributed by atoms with E-state index in [0.29, 0.717) is 0 Å². The Labute approximate surface area is 176 Å². The molecule has 0 radical (unpaired) electrons. The Morgan fingerprint density at radius 1 is 0.857 bits per heavy atom. The fourth-order valence-electron chi connectivity index (χ4n) is 3.68. The van der Waals surface area contributed by atoms with Crippen LogP contribution in [0.3, 0.4) is 0 Å². The lowest BCUT2D eigenvalue weighted by molar-refractivity contribution is 0.0747. The number of ether oxygens (including phenoxy) is 1. The van der Waals surface area contributed by atoms with Crippen molar-refractivity contribution < 1.29 is 4.74 Å². The van der Waals surface area contributed by atoms with E-state index < -0.39 is 0 Å². The van der Waals surface area contributed by atoms with Crippen molar-refractivity contribution in [2.24, 2.45) is 0 Å². The van der Waals surface area contributed by atoms with Crippen LogP contribution in [0.1, 0.15) is 11.1 Å². The van der Waals surface area contributed by atoms with Crippen LogP contribution in [0.5, 0.6) is 0 Å². The van der Waals surface area contributed by atoms with Gasteiger partial charge in [-0.05, 0) is 52.6 Å². The molecule has 2 heterocycles. The highest BCUT2D eigenvalue weighted by molar-refractivity contribution is 7.17. The molecular formula is C23H27ClN2OS. The molecule has 0 spiro atoms. The SMILES string of the molecule is Clc1ccc(CN2CCN(CCOCCc3ccc4sccc4c3)CC2)cc1. The van der Waals surface area contributed by atoms with E-state index in [4.69, 9.17) is 16.3 Å². The maximum Gasteiger partial charge on any atom is 0.0593 e. The standard InChI is InChI=1S/C23H27ClN2OS/c24-22-4-1-20(2-5-22)18-26-11-9-25(10-12-26)13-15-27-14-7-19-3-6-23-21(17-19)8-16-28-23/h1-6,8,16-17H,7,9-15,18H2. The zero-order valence-electron chi connectivity index (χ0n) is 16.1. The average Bonchev–Trinajstić information content (AvgIpc) is 3.19. The van der Waals surface area contributed by atoms with E-state index in [1.54, 1.807) is 11.3 Å². The topological polar surface area (TPSA) is 15.7 Å². The van der Waals surface area contributed by atoms with E-state index in [1.165, 1.54) is 21.2 Å². The van der Waals surface area contributed by atoms with Gasteiger partial charge in [0, 0.05) is 49.0 Å². The molecule has 0 bridgehead atoms. The highest BCUT2D eigenvalue weighted by atomic mass is 35.5. The third-order valence-electron chi connectivity index (χ3n) is 5.39. The number of rotatable bonds is 8. The predicted molar refractivity (Wildman–Crippen MR) is 120 cm³/mol. The van der Waals surface area contributed by atoms with Crippen LogP contribution in [0, 0.1) is 0 Å². The van der Waals surface area contributed by atoms with E-state index in [-0.39, 0.29) is 0 Å². The largest absolute Gasteiger partial charge is 0.380 e. The fraction of sp³-hybridized carbons (Fsp3) is 0.391. The summed E-state index contributed by atoms with van der Waals surface area (Å²) in [5, 5.41) is 4.31. The molecule has 2 aromatic carbocycles. The maximum atomic E-state index is 5.97. The Morgan fingerprint density at radius 3 is 2.43 bits per heavy atom. The van der Waals surface area contributed by atoms with Gasteiger partial charge in [-0.15, -0.1) is 11.3 Å². The van der Waals surface area contributed by atoms with Crippen LogP contribution < -0.4 is 0 Å². The molecule has 148 valence electrons. The molecule has 3 aromatic rings. The van der Waals surface area contributed by atoms with Crippen LogP contribution >= 0.6 is 22.9 Å². The monoisotopic (exact) mass is 414 g/mol. The average molecular weight is 415 g/mol. The Morgan fingerprint density at radius 2 is 1.61 bits per heavy atom. The summed E-state index contributed by atoms with van der Waals surface area (Å²) in [6.45, 7) is 8.11. The second kappa shape index (κ2) is 9.86. The summed E-state index contributed by atoms with van der Waals surface area (Å²) < 4.78 is 7.26. The lowest BCUT2D eigenvalue weighted by Crippen LogP contribution is -2.46. The van der Waals surface area contributed by atoms with Gasteiger partial charge in [-0.1, -0.05) is 35.9 Å². The first-order valence-electron chi connectivity index (χ1n) is 9.99. The Kier molecular flexibility index (Phi) is 7.00. The maximum absolute atomic E-state index is 5.97. The molecule has 1 fully saturated rings. The molecule has 3 nitrogen and oxygen atoms in total. The van der Waals surface area contributed by atoms with Crippen molar-refractivity contribution in [3.8, 4) is 0 Å². The molecular weight excluding hydrogens is 388 g/mol. The van der Waals surface area contributed by atoms with Crippen LogP contribution in [0.25, 0.3) is 10.1 Å². The molecule has 5 heteroatoms. The van der Waals surface area contributed by atoms with E-state index in [2.05, 4.69) is 51.6 Å². The third-order valence-corrected chi connectivity index (χ3v) is 6.54. The van der Waals surface area contributed by atoms with E-state index in [1.807, 2.05) is 12.1 Å². The van der Waals surface area contributed by atoms with Gasteiger partial charge in [0.25, 0.3) is 0 Å². The smallest absolute Gasteiger partial charge is 0.0593 e. The molecule has 28 heavy (non-hydrogen) atoms. The number of thiophene rings is 1. The second-order valence-corrected chi connectivity index (χ2v) is 8.78. The van der Waals surface area contributed by atoms with Gasteiger partial charge in [-0.2, -0.15) is 0 Å². The van der Waals surface area contributed by atoms with Gasteiger partial charge in [-0.3, -0.25) is 9.80 Å². The molecule has 0 N–H and O–H groups in total. The molecule has 1 aromatic heterocycles.